The summed E-state index contributed by atoms with van der Waals surface area (Å²) in [5, 5.41) is 3.39. The highest BCUT2D eigenvalue weighted by Gasteiger charge is 2.56. The minimum Gasteiger partial charge on any atom is -0.451 e. The van der Waals surface area contributed by atoms with E-state index < -0.39 is 6.17 Å². The van der Waals surface area contributed by atoms with Crippen LogP contribution in [0.4, 0.5) is 10.2 Å². The number of rotatable bonds is 7. The van der Waals surface area contributed by atoms with Crippen LogP contribution in [-0.4, -0.2) is 88.1 Å². The summed E-state index contributed by atoms with van der Waals surface area (Å²) in [6, 6.07) is 7.10. The topological polar surface area (TPSA) is 90.9 Å². The number of amides is 2. The molecule has 214 valence electrons. The number of nitrogens with zero attached hydrogens (tertiary/aromatic N) is 5. The summed E-state index contributed by atoms with van der Waals surface area (Å²) in [4.78, 5) is 41.2. The van der Waals surface area contributed by atoms with E-state index in [2.05, 4.69) is 20.2 Å². The number of hydrogen-bond donors (Lipinski definition) is 1. The largest absolute Gasteiger partial charge is 0.451 e. The molecule has 2 bridgehead atoms. The lowest BCUT2D eigenvalue weighted by molar-refractivity contribution is -0.153. The van der Waals surface area contributed by atoms with Gasteiger partial charge >= 0.3 is 0 Å². The number of ether oxygens (including phenoxy) is 1. The van der Waals surface area contributed by atoms with Crippen LogP contribution in [0, 0.1) is 11.3 Å². The van der Waals surface area contributed by atoms with Crippen molar-refractivity contribution in [3.05, 3.63) is 42.4 Å². The number of piperidine rings is 2. The molecular formula is C30H39FN6O3. The molecule has 0 unspecified atom stereocenters. The number of carbonyl (C=O) groups excluding carboxylic acids is 2. The summed E-state index contributed by atoms with van der Waals surface area (Å²) < 4.78 is 20.8. The molecule has 1 saturated carbocycles. The molecule has 40 heavy (non-hydrogen) atoms. The van der Waals surface area contributed by atoms with E-state index in [-0.39, 0.29) is 47.3 Å². The lowest BCUT2D eigenvalue weighted by atomic mass is 9.70. The minimum atomic E-state index is -0.876. The normalized spacial score (nSPS) is 26.6. The number of carbonyl (C=O) groups is 2. The van der Waals surface area contributed by atoms with E-state index in [4.69, 9.17) is 4.74 Å². The van der Waals surface area contributed by atoms with Gasteiger partial charge in [-0.15, -0.1) is 0 Å². The molecule has 4 atom stereocenters. The van der Waals surface area contributed by atoms with Gasteiger partial charge in [-0.05, 0) is 59.1 Å². The molecule has 0 radical (unpaired) electrons. The third-order valence-electron chi connectivity index (χ3n) is 8.99. The van der Waals surface area contributed by atoms with Crippen molar-refractivity contribution in [3.63, 3.8) is 0 Å². The number of fused-ring (bicyclic) bond motifs is 3. The van der Waals surface area contributed by atoms with Gasteiger partial charge in [0.2, 0.25) is 5.91 Å². The van der Waals surface area contributed by atoms with Gasteiger partial charge in [-0.2, -0.15) is 0 Å². The second kappa shape index (κ2) is 10.3. The van der Waals surface area contributed by atoms with Crippen LogP contribution in [0.1, 0.15) is 57.3 Å². The van der Waals surface area contributed by atoms with Gasteiger partial charge in [-0.1, -0.05) is 12.1 Å². The van der Waals surface area contributed by atoms with Crippen molar-refractivity contribution in [1.29, 1.82) is 0 Å². The second-order valence-corrected chi connectivity index (χ2v) is 12.6. The van der Waals surface area contributed by atoms with E-state index in [9.17, 15) is 14.0 Å². The molecule has 5 fully saturated rings. The summed E-state index contributed by atoms with van der Waals surface area (Å²) in [6.45, 7) is 10.9. The van der Waals surface area contributed by atoms with E-state index in [1.54, 1.807) is 18.3 Å². The molecule has 5 heterocycles. The van der Waals surface area contributed by atoms with Crippen LogP contribution in [-0.2, 0) is 4.79 Å². The number of anilines is 1. The second-order valence-electron chi connectivity index (χ2n) is 12.6. The summed E-state index contributed by atoms with van der Waals surface area (Å²) in [5.74, 6) is 1.39. The predicted molar refractivity (Wildman–Crippen MR) is 149 cm³/mol. The summed E-state index contributed by atoms with van der Waals surface area (Å²) in [6.07, 6.45) is 4.54. The number of halogens is 1. The van der Waals surface area contributed by atoms with E-state index in [1.165, 1.54) is 6.33 Å². The van der Waals surface area contributed by atoms with Crippen molar-refractivity contribution in [3.8, 4) is 11.5 Å². The number of hydrogen-bond acceptors (Lipinski definition) is 7. The first kappa shape index (κ1) is 26.9. The van der Waals surface area contributed by atoms with Gasteiger partial charge in [0.1, 0.15) is 18.2 Å². The SMILES string of the molecule is CC(C)N(C(=O)c1ccccc1Oc1cncnc1N1CC2(CN(C(=O)[C@H]3N[C@H]4CC[C@@H]3[C@@H](F)C4)C2)C1)C(C)C. The van der Waals surface area contributed by atoms with Gasteiger partial charge in [-0.25, -0.2) is 14.4 Å². The monoisotopic (exact) mass is 550 g/mol. The number of para-hydroxylation sites is 1. The van der Waals surface area contributed by atoms with Crippen LogP contribution in [0.5, 0.6) is 11.5 Å². The highest BCUT2D eigenvalue weighted by atomic mass is 19.1. The molecule has 1 aromatic heterocycles. The van der Waals surface area contributed by atoms with Crippen molar-refractivity contribution in [1.82, 2.24) is 25.1 Å². The lowest BCUT2D eigenvalue weighted by Crippen LogP contribution is -2.75. The zero-order chi connectivity index (χ0) is 28.2. The molecule has 4 saturated heterocycles. The Labute approximate surface area is 235 Å². The Morgan fingerprint density at radius 2 is 1.80 bits per heavy atom. The fraction of sp³-hybridized carbons (Fsp3) is 0.600. The molecule has 1 aromatic carbocycles. The van der Waals surface area contributed by atoms with E-state index in [0.717, 1.165) is 25.9 Å². The van der Waals surface area contributed by atoms with Crippen LogP contribution in [0.3, 0.4) is 0 Å². The van der Waals surface area contributed by atoms with Crippen molar-refractivity contribution >= 4 is 17.6 Å². The van der Waals surface area contributed by atoms with Crippen molar-refractivity contribution in [2.24, 2.45) is 11.3 Å². The van der Waals surface area contributed by atoms with Gasteiger partial charge in [0, 0.05) is 55.6 Å². The fourth-order valence-electron chi connectivity index (χ4n) is 7.20. The lowest BCUT2D eigenvalue weighted by Gasteiger charge is -2.61. The average molecular weight is 551 g/mol. The van der Waals surface area contributed by atoms with Crippen LogP contribution < -0.4 is 15.0 Å². The maximum Gasteiger partial charge on any atom is 0.258 e. The van der Waals surface area contributed by atoms with Gasteiger partial charge in [0.15, 0.2) is 11.6 Å². The summed E-state index contributed by atoms with van der Waals surface area (Å²) >= 11 is 0. The molecule has 2 aromatic rings. The Morgan fingerprint density at radius 3 is 2.48 bits per heavy atom. The highest BCUT2D eigenvalue weighted by Crippen LogP contribution is 2.45. The summed E-state index contributed by atoms with van der Waals surface area (Å²) in [7, 11) is 0. The Kier molecular flexibility index (Phi) is 6.92. The Bertz CT molecular complexity index is 1270. The van der Waals surface area contributed by atoms with Gasteiger partial charge < -0.3 is 24.8 Å². The molecule has 5 aliphatic rings. The van der Waals surface area contributed by atoms with Gasteiger partial charge in [0.05, 0.1) is 17.8 Å². The zero-order valence-corrected chi connectivity index (χ0v) is 23.7. The number of alkyl halides is 1. The van der Waals surface area contributed by atoms with Crippen LogP contribution in [0.2, 0.25) is 0 Å². The van der Waals surface area contributed by atoms with Crippen LogP contribution in [0.15, 0.2) is 36.8 Å². The Hall–Kier alpha value is -3.27. The standard InChI is InChI=1S/C30H39FN6O3/c1-18(2)37(19(3)4)28(38)22-7-5-6-8-24(22)40-25-12-32-17-33-27(25)35-13-30(14-35)15-36(16-30)29(39)26-21-10-9-20(34-26)11-23(21)31/h5-8,12,17-21,23,26,34H,9-11,13-16H2,1-4H3/t20-,21+,23-,26-/m0/s1. The number of aromatic nitrogens is 2. The van der Waals surface area contributed by atoms with Crippen LogP contribution in [0.25, 0.3) is 0 Å². The summed E-state index contributed by atoms with van der Waals surface area (Å²) in [5.41, 5.74) is 0.511. The first-order chi connectivity index (χ1) is 19.2. The number of likely N-dealkylation sites (tertiary alicyclic amines) is 1. The molecule has 2 amide bonds. The minimum absolute atomic E-state index is 0.0174. The first-order valence-corrected chi connectivity index (χ1v) is 14.5. The first-order valence-electron chi connectivity index (χ1n) is 14.5. The van der Waals surface area contributed by atoms with Crippen molar-refractivity contribution < 1.29 is 18.7 Å². The zero-order valence-electron chi connectivity index (χ0n) is 23.7. The van der Waals surface area contributed by atoms with E-state index >= 15 is 0 Å². The molecular weight excluding hydrogens is 511 g/mol. The molecule has 4 aliphatic heterocycles. The third-order valence-corrected chi connectivity index (χ3v) is 8.99. The quantitative estimate of drug-likeness (QED) is 0.563. The molecule has 10 heteroatoms. The van der Waals surface area contributed by atoms with E-state index in [0.29, 0.717) is 42.4 Å². The molecule has 1 spiro atoms. The Morgan fingerprint density at radius 1 is 1.07 bits per heavy atom. The van der Waals surface area contributed by atoms with E-state index in [1.807, 2.05) is 49.6 Å². The predicted octanol–water partition coefficient (Wildman–Crippen LogP) is 3.66. The van der Waals surface area contributed by atoms with Crippen molar-refractivity contribution in [2.75, 3.05) is 31.1 Å². The maximum atomic E-state index is 14.5. The molecule has 1 aliphatic carbocycles. The number of benzene rings is 1. The third kappa shape index (κ3) is 4.70. The Balaban J connectivity index is 1.11. The van der Waals surface area contributed by atoms with Gasteiger partial charge in [-0.3, -0.25) is 9.59 Å². The van der Waals surface area contributed by atoms with Gasteiger partial charge in [0.25, 0.3) is 5.91 Å². The van der Waals surface area contributed by atoms with Crippen molar-refractivity contribution in [2.45, 2.75) is 77.3 Å². The fourth-order valence-corrected chi connectivity index (χ4v) is 7.20. The smallest absolute Gasteiger partial charge is 0.258 e. The maximum absolute atomic E-state index is 14.5. The van der Waals surface area contributed by atoms with Crippen LogP contribution >= 0.6 is 0 Å². The average Bonchev–Trinajstić information content (AvgIpc) is 2.87. The number of nitrogens with one attached hydrogen (secondary N) is 1. The molecule has 7 rings (SSSR count). The molecule has 9 nitrogen and oxygen atoms in total. The highest BCUT2D eigenvalue weighted by molar-refractivity contribution is 5.97. The molecule has 1 N–H and O–H groups in total.